The Balaban J connectivity index is 2.00. The van der Waals surface area contributed by atoms with E-state index in [1.807, 2.05) is 12.1 Å². The van der Waals surface area contributed by atoms with E-state index in [-0.39, 0.29) is 18.4 Å². The number of aliphatic imine (C=N–C) groups is 1. The van der Waals surface area contributed by atoms with Crippen LogP contribution in [0.5, 0.6) is 0 Å². The number of halogens is 3. The van der Waals surface area contributed by atoms with Crippen molar-refractivity contribution < 1.29 is 32.3 Å². The Kier molecular flexibility index (Phi) is 8.63. The fourth-order valence-corrected chi connectivity index (χ4v) is 3.00. The van der Waals surface area contributed by atoms with Crippen molar-refractivity contribution in [3.05, 3.63) is 34.9 Å². The zero-order valence-electron chi connectivity index (χ0n) is 17.2. The summed E-state index contributed by atoms with van der Waals surface area (Å²) in [6, 6.07) is 5.28. The Hall–Kier alpha value is -3.55. The van der Waals surface area contributed by atoms with Crippen molar-refractivity contribution in [3.63, 3.8) is 0 Å². The molecule has 1 heterocycles. The van der Waals surface area contributed by atoms with Gasteiger partial charge in [-0.05, 0) is 37.0 Å². The van der Waals surface area contributed by atoms with E-state index in [0.29, 0.717) is 49.9 Å². The molecule has 0 atom stereocenters. The first-order valence-corrected chi connectivity index (χ1v) is 9.86. The maximum atomic E-state index is 12.9. The number of hydrogen-bond donors (Lipinski definition) is 2. The molecule has 0 fully saturated rings. The average molecular weight is 452 g/mol. The van der Waals surface area contributed by atoms with Crippen LogP contribution in [-0.4, -0.2) is 54.5 Å². The molecule has 0 saturated carbocycles. The third kappa shape index (κ3) is 7.61. The first kappa shape index (κ1) is 24.7. The number of guanidine groups is 1. The molecule has 0 aliphatic carbocycles. The minimum atomic E-state index is -5.25. The van der Waals surface area contributed by atoms with E-state index < -0.39 is 24.5 Å². The number of nitrogens with two attached hydrogens (primary N) is 2. The summed E-state index contributed by atoms with van der Waals surface area (Å²) in [5.41, 5.74) is 12.4. The highest BCUT2D eigenvalue weighted by Crippen LogP contribution is 2.21. The zero-order chi connectivity index (χ0) is 23.7. The summed E-state index contributed by atoms with van der Waals surface area (Å²) in [6.07, 6.45) is -3.30. The number of carbonyl (C=O) groups excluding carboxylic acids is 3. The molecule has 32 heavy (non-hydrogen) atoms. The lowest BCUT2D eigenvalue weighted by molar-refractivity contribution is -0.201. The van der Waals surface area contributed by atoms with Crippen molar-refractivity contribution in [1.82, 2.24) is 4.90 Å². The van der Waals surface area contributed by atoms with E-state index in [1.54, 1.807) is 6.07 Å². The van der Waals surface area contributed by atoms with E-state index in [2.05, 4.69) is 21.6 Å². The standard InChI is InChI=1S/C21H23F3N4O4/c22-21(23,24)19(31)32-17(29)9-12-28-11-4-6-15-8-7-14(13-16(15)18(28)30)5-2-1-3-10-27-20(25)26/h7-8,13H,1,3-4,6,9-12H2,(H4,25,26,27). The van der Waals surface area contributed by atoms with E-state index in [9.17, 15) is 27.6 Å². The number of ether oxygens (including phenoxy) is 1. The molecule has 0 bridgehead atoms. The van der Waals surface area contributed by atoms with Crippen LogP contribution in [0.2, 0.25) is 0 Å². The molecule has 1 aliphatic heterocycles. The van der Waals surface area contributed by atoms with Crippen molar-refractivity contribution in [2.75, 3.05) is 19.6 Å². The lowest BCUT2D eigenvalue weighted by atomic mass is 10.0. The summed E-state index contributed by atoms with van der Waals surface area (Å²) in [6.45, 7) is 0.619. The summed E-state index contributed by atoms with van der Waals surface area (Å²) in [7, 11) is 0. The molecule has 8 nitrogen and oxygen atoms in total. The predicted molar refractivity (Wildman–Crippen MR) is 109 cm³/mol. The molecule has 2 rings (SSSR count). The number of fused-ring (bicyclic) bond motifs is 1. The number of aryl methyl sites for hydroxylation is 1. The van der Waals surface area contributed by atoms with Gasteiger partial charge in [0.05, 0.1) is 6.42 Å². The Bertz CT molecular complexity index is 960. The summed E-state index contributed by atoms with van der Waals surface area (Å²) in [5, 5.41) is 0. The summed E-state index contributed by atoms with van der Waals surface area (Å²) < 4.78 is 40.3. The molecule has 1 aliphatic rings. The topological polar surface area (TPSA) is 128 Å². The molecular formula is C21H23F3N4O4. The van der Waals surface area contributed by atoms with Gasteiger partial charge in [-0.2, -0.15) is 13.2 Å². The molecule has 0 radical (unpaired) electrons. The Morgan fingerprint density at radius 3 is 2.69 bits per heavy atom. The average Bonchev–Trinajstić information content (AvgIpc) is 2.87. The van der Waals surface area contributed by atoms with Gasteiger partial charge in [0.2, 0.25) is 0 Å². The molecular weight excluding hydrogens is 429 g/mol. The number of unbranched alkanes of at least 4 members (excludes halogenated alkanes) is 1. The number of benzene rings is 1. The van der Waals surface area contributed by atoms with Gasteiger partial charge in [0.25, 0.3) is 5.91 Å². The largest absolute Gasteiger partial charge is 0.491 e. The highest BCUT2D eigenvalue weighted by Gasteiger charge is 2.42. The minimum Gasteiger partial charge on any atom is -0.386 e. The van der Waals surface area contributed by atoms with Gasteiger partial charge in [0, 0.05) is 37.2 Å². The smallest absolute Gasteiger partial charge is 0.386 e. The number of carbonyl (C=O) groups is 3. The zero-order valence-corrected chi connectivity index (χ0v) is 17.2. The second-order valence-corrected chi connectivity index (χ2v) is 6.99. The summed E-state index contributed by atoms with van der Waals surface area (Å²) in [5.74, 6) is 1.71. The SMILES string of the molecule is NC(N)=NCCCC#Cc1ccc2c(c1)C(=O)N(CCC(=O)OC(=O)C(F)(F)F)CCC2. The Labute approximate surface area is 182 Å². The van der Waals surface area contributed by atoms with Gasteiger partial charge in [-0.15, -0.1) is 0 Å². The molecule has 1 aromatic carbocycles. The minimum absolute atomic E-state index is 0.0204. The monoisotopic (exact) mass is 452 g/mol. The molecule has 1 amide bonds. The van der Waals surface area contributed by atoms with E-state index in [1.165, 1.54) is 4.90 Å². The predicted octanol–water partition coefficient (Wildman–Crippen LogP) is 1.50. The van der Waals surface area contributed by atoms with Crippen LogP contribution in [0.25, 0.3) is 0 Å². The van der Waals surface area contributed by atoms with E-state index >= 15 is 0 Å². The highest BCUT2D eigenvalue weighted by molar-refractivity contribution is 5.97. The molecule has 0 unspecified atom stereocenters. The molecule has 0 saturated heterocycles. The van der Waals surface area contributed by atoms with E-state index in [0.717, 1.165) is 5.56 Å². The van der Waals surface area contributed by atoms with Gasteiger partial charge < -0.3 is 21.1 Å². The number of alkyl halides is 3. The van der Waals surface area contributed by atoms with Gasteiger partial charge in [0.1, 0.15) is 0 Å². The number of rotatable bonds is 6. The fourth-order valence-electron chi connectivity index (χ4n) is 3.00. The first-order valence-electron chi connectivity index (χ1n) is 9.86. The van der Waals surface area contributed by atoms with Crippen LogP contribution in [0.1, 0.15) is 47.2 Å². The second-order valence-electron chi connectivity index (χ2n) is 6.99. The van der Waals surface area contributed by atoms with Gasteiger partial charge in [-0.3, -0.25) is 14.6 Å². The van der Waals surface area contributed by atoms with Gasteiger partial charge >= 0.3 is 18.1 Å². The van der Waals surface area contributed by atoms with E-state index in [4.69, 9.17) is 11.5 Å². The number of amides is 1. The van der Waals surface area contributed by atoms with Crippen molar-refractivity contribution in [1.29, 1.82) is 0 Å². The van der Waals surface area contributed by atoms with Crippen molar-refractivity contribution in [2.24, 2.45) is 16.5 Å². The lowest BCUT2D eigenvalue weighted by Gasteiger charge is -2.20. The highest BCUT2D eigenvalue weighted by atomic mass is 19.4. The van der Waals surface area contributed by atoms with Crippen LogP contribution >= 0.6 is 0 Å². The molecule has 4 N–H and O–H groups in total. The van der Waals surface area contributed by atoms with Crippen molar-refractivity contribution in [2.45, 2.75) is 38.3 Å². The normalized spacial score (nSPS) is 13.3. The van der Waals surface area contributed by atoms with Crippen LogP contribution in [0.4, 0.5) is 13.2 Å². The van der Waals surface area contributed by atoms with Gasteiger partial charge in [0.15, 0.2) is 5.96 Å². The maximum absolute atomic E-state index is 12.9. The lowest BCUT2D eigenvalue weighted by Crippen LogP contribution is -2.34. The number of esters is 2. The Morgan fingerprint density at radius 1 is 1.25 bits per heavy atom. The van der Waals surface area contributed by atoms with Crippen LogP contribution in [0, 0.1) is 11.8 Å². The van der Waals surface area contributed by atoms with Gasteiger partial charge in [-0.1, -0.05) is 17.9 Å². The number of hydrogen-bond acceptors (Lipinski definition) is 5. The number of nitrogens with zero attached hydrogens (tertiary/aromatic N) is 2. The molecule has 1 aromatic rings. The third-order valence-electron chi connectivity index (χ3n) is 4.51. The first-order chi connectivity index (χ1) is 15.1. The quantitative estimate of drug-likeness (QED) is 0.168. The van der Waals surface area contributed by atoms with Crippen LogP contribution < -0.4 is 11.5 Å². The molecule has 172 valence electrons. The van der Waals surface area contributed by atoms with Gasteiger partial charge in [-0.25, -0.2) is 4.79 Å². The van der Waals surface area contributed by atoms with Crippen LogP contribution in [0.15, 0.2) is 23.2 Å². The van der Waals surface area contributed by atoms with Crippen LogP contribution in [0.3, 0.4) is 0 Å². The Morgan fingerprint density at radius 2 is 2.00 bits per heavy atom. The summed E-state index contributed by atoms with van der Waals surface area (Å²) in [4.78, 5) is 40.4. The van der Waals surface area contributed by atoms with Crippen LogP contribution in [-0.2, 0) is 20.7 Å². The molecule has 11 heteroatoms. The van der Waals surface area contributed by atoms with Crippen molar-refractivity contribution in [3.8, 4) is 11.8 Å². The fraction of sp³-hybridized carbons (Fsp3) is 0.429. The molecule has 0 aromatic heterocycles. The molecule has 0 spiro atoms. The third-order valence-corrected chi connectivity index (χ3v) is 4.51. The van der Waals surface area contributed by atoms with Crippen molar-refractivity contribution >= 4 is 23.8 Å². The maximum Gasteiger partial charge on any atom is 0.491 e. The summed E-state index contributed by atoms with van der Waals surface area (Å²) >= 11 is 0. The second kappa shape index (κ2) is 11.2.